The van der Waals surface area contributed by atoms with Crippen LogP contribution in [0.25, 0.3) is 0 Å². The van der Waals surface area contributed by atoms with Gasteiger partial charge in [0.1, 0.15) is 0 Å². The van der Waals surface area contributed by atoms with Crippen molar-refractivity contribution in [3.8, 4) is 0 Å². The number of amides is 2. The molecule has 0 unspecified atom stereocenters. The summed E-state index contributed by atoms with van der Waals surface area (Å²) >= 11 is 1.52. The van der Waals surface area contributed by atoms with Crippen molar-refractivity contribution in [2.45, 2.75) is 19.4 Å². The van der Waals surface area contributed by atoms with Crippen LogP contribution in [0, 0.1) is 17.5 Å². The molecule has 1 aromatic carbocycles. The lowest BCUT2D eigenvalue weighted by Crippen LogP contribution is -2.41. The van der Waals surface area contributed by atoms with Crippen molar-refractivity contribution in [1.82, 2.24) is 5.32 Å². The highest BCUT2D eigenvalue weighted by Crippen LogP contribution is 2.17. The third kappa shape index (κ3) is 4.56. The minimum absolute atomic E-state index is 0.301. The molecule has 0 aliphatic heterocycles. The second-order valence-corrected chi connectivity index (χ2v) is 5.70. The van der Waals surface area contributed by atoms with Crippen LogP contribution < -0.4 is 10.6 Å². The Morgan fingerprint density at radius 1 is 1.17 bits per heavy atom. The normalized spacial score (nSPS) is 11.8. The molecule has 0 bridgehead atoms. The monoisotopic (exact) mass is 342 g/mol. The van der Waals surface area contributed by atoms with Crippen molar-refractivity contribution in [2.24, 2.45) is 0 Å². The quantitative estimate of drug-likeness (QED) is 0.663. The van der Waals surface area contributed by atoms with Gasteiger partial charge in [0, 0.05) is 23.9 Å². The second kappa shape index (κ2) is 7.28. The van der Waals surface area contributed by atoms with Gasteiger partial charge in [-0.3, -0.25) is 9.59 Å². The summed E-state index contributed by atoms with van der Waals surface area (Å²) in [6.07, 6.45) is 0.544. The van der Waals surface area contributed by atoms with E-state index < -0.39 is 29.3 Å². The fraction of sp³-hybridized carbons (Fsp3) is 0.200. The molecule has 0 aliphatic rings. The van der Waals surface area contributed by atoms with Crippen LogP contribution in [0.15, 0.2) is 29.0 Å². The van der Waals surface area contributed by atoms with Crippen LogP contribution in [-0.2, 0) is 16.0 Å². The zero-order chi connectivity index (χ0) is 17.0. The molecule has 0 saturated heterocycles. The summed E-state index contributed by atoms with van der Waals surface area (Å²) in [6.45, 7) is 1.72. The molecule has 0 aliphatic carbocycles. The van der Waals surface area contributed by atoms with E-state index in [1.807, 2.05) is 22.1 Å². The maximum absolute atomic E-state index is 13.0. The Morgan fingerprint density at radius 2 is 1.83 bits per heavy atom. The van der Waals surface area contributed by atoms with Gasteiger partial charge in [-0.2, -0.15) is 11.3 Å². The van der Waals surface area contributed by atoms with Crippen molar-refractivity contribution in [3.63, 3.8) is 0 Å². The van der Waals surface area contributed by atoms with Crippen LogP contribution in [0.5, 0.6) is 0 Å². The van der Waals surface area contributed by atoms with E-state index in [4.69, 9.17) is 0 Å². The lowest BCUT2D eigenvalue weighted by atomic mass is 10.1. The maximum atomic E-state index is 13.0. The first-order chi connectivity index (χ1) is 10.9. The number of anilines is 1. The first-order valence-electron chi connectivity index (χ1n) is 6.64. The van der Waals surface area contributed by atoms with E-state index in [9.17, 15) is 22.8 Å². The molecule has 1 atom stereocenters. The van der Waals surface area contributed by atoms with Crippen LogP contribution in [0.2, 0.25) is 0 Å². The number of rotatable bonds is 4. The van der Waals surface area contributed by atoms with Crippen molar-refractivity contribution in [3.05, 3.63) is 52.0 Å². The van der Waals surface area contributed by atoms with E-state index >= 15 is 0 Å². The first kappa shape index (κ1) is 17.0. The number of hydrogen-bond donors (Lipinski definition) is 2. The minimum Gasteiger partial charge on any atom is -0.345 e. The molecule has 2 rings (SSSR count). The van der Waals surface area contributed by atoms with Crippen LogP contribution in [0.3, 0.4) is 0 Å². The van der Waals surface area contributed by atoms with Crippen LogP contribution in [0.4, 0.5) is 18.9 Å². The Balaban J connectivity index is 1.93. The van der Waals surface area contributed by atoms with E-state index in [1.54, 1.807) is 6.92 Å². The zero-order valence-corrected chi connectivity index (χ0v) is 12.8. The number of nitrogens with one attached hydrogen (secondary N) is 2. The van der Waals surface area contributed by atoms with E-state index in [-0.39, 0.29) is 11.7 Å². The summed E-state index contributed by atoms with van der Waals surface area (Å²) < 4.78 is 38.9. The first-order valence-corrected chi connectivity index (χ1v) is 7.58. The van der Waals surface area contributed by atoms with Crippen molar-refractivity contribution in [2.75, 3.05) is 5.32 Å². The van der Waals surface area contributed by atoms with Gasteiger partial charge in [-0.15, -0.1) is 0 Å². The Labute approximate surface area is 134 Å². The summed E-state index contributed by atoms with van der Waals surface area (Å²) in [5, 5.41) is 8.31. The lowest BCUT2D eigenvalue weighted by molar-refractivity contribution is -0.136. The SMILES string of the molecule is C[C@@H](Cc1ccsc1)NC(=O)C(=O)Nc1cc(F)c(F)c(F)c1. The Morgan fingerprint density at radius 3 is 2.39 bits per heavy atom. The van der Waals surface area contributed by atoms with Gasteiger partial charge >= 0.3 is 11.8 Å². The van der Waals surface area contributed by atoms with Crippen LogP contribution in [-0.4, -0.2) is 17.9 Å². The standard InChI is InChI=1S/C15H13F3N2O2S/c1-8(4-9-2-3-23-7-9)19-14(21)15(22)20-10-5-11(16)13(18)12(17)6-10/h2-3,5-8H,4H2,1H3,(H,19,21)(H,20,22)/t8-/m0/s1. The van der Waals surface area contributed by atoms with Crippen molar-refractivity contribution >= 4 is 28.8 Å². The van der Waals surface area contributed by atoms with Gasteiger partial charge in [-0.1, -0.05) is 0 Å². The highest BCUT2D eigenvalue weighted by molar-refractivity contribution is 7.07. The summed E-state index contributed by atoms with van der Waals surface area (Å²) in [7, 11) is 0. The molecule has 0 radical (unpaired) electrons. The Hall–Kier alpha value is -2.35. The fourth-order valence-corrected chi connectivity index (χ4v) is 2.60. The maximum Gasteiger partial charge on any atom is 0.313 e. The molecule has 2 amide bonds. The predicted molar refractivity (Wildman–Crippen MR) is 80.6 cm³/mol. The summed E-state index contributed by atoms with van der Waals surface area (Å²) in [5.41, 5.74) is 0.679. The van der Waals surface area contributed by atoms with E-state index in [0.717, 1.165) is 5.56 Å². The topological polar surface area (TPSA) is 58.2 Å². The third-order valence-electron chi connectivity index (χ3n) is 2.95. The van der Waals surface area contributed by atoms with Crippen LogP contribution in [0.1, 0.15) is 12.5 Å². The Kier molecular flexibility index (Phi) is 5.38. The largest absolute Gasteiger partial charge is 0.345 e. The lowest BCUT2D eigenvalue weighted by Gasteiger charge is -2.13. The summed E-state index contributed by atoms with van der Waals surface area (Å²) in [6, 6.07) is 2.79. The molecule has 0 fully saturated rings. The van der Waals surface area contributed by atoms with Gasteiger partial charge < -0.3 is 10.6 Å². The average Bonchev–Trinajstić information content (AvgIpc) is 2.97. The minimum atomic E-state index is -1.64. The molecule has 2 N–H and O–H groups in total. The van der Waals surface area contributed by atoms with Gasteiger partial charge in [0.25, 0.3) is 0 Å². The van der Waals surface area contributed by atoms with E-state index in [0.29, 0.717) is 18.6 Å². The molecule has 23 heavy (non-hydrogen) atoms. The zero-order valence-electron chi connectivity index (χ0n) is 12.0. The molecule has 4 nitrogen and oxygen atoms in total. The van der Waals surface area contributed by atoms with Gasteiger partial charge in [-0.05, 0) is 35.7 Å². The molecule has 0 saturated carbocycles. The van der Waals surface area contributed by atoms with Gasteiger partial charge in [-0.25, -0.2) is 13.2 Å². The average molecular weight is 342 g/mol. The highest BCUT2D eigenvalue weighted by atomic mass is 32.1. The second-order valence-electron chi connectivity index (χ2n) is 4.92. The number of benzene rings is 1. The number of carbonyl (C=O) groups excluding carboxylic acids is 2. The molecule has 8 heteroatoms. The molecule has 2 aromatic rings. The summed E-state index contributed by atoms with van der Waals surface area (Å²) in [4.78, 5) is 23.4. The fourth-order valence-electron chi connectivity index (χ4n) is 1.92. The smallest absolute Gasteiger partial charge is 0.313 e. The van der Waals surface area contributed by atoms with E-state index in [1.165, 1.54) is 11.3 Å². The van der Waals surface area contributed by atoms with Gasteiger partial charge in [0.2, 0.25) is 0 Å². The molecule has 1 aromatic heterocycles. The highest BCUT2D eigenvalue weighted by Gasteiger charge is 2.18. The number of hydrogen-bond acceptors (Lipinski definition) is 3. The predicted octanol–water partition coefficient (Wildman–Crippen LogP) is 2.85. The Bertz CT molecular complexity index is 697. The van der Waals surface area contributed by atoms with Crippen LogP contribution >= 0.6 is 11.3 Å². The molecule has 1 heterocycles. The number of thiophene rings is 1. The van der Waals surface area contributed by atoms with E-state index in [2.05, 4.69) is 5.32 Å². The number of halogens is 3. The summed E-state index contributed by atoms with van der Waals surface area (Å²) in [5.74, 6) is -6.58. The third-order valence-corrected chi connectivity index (χ3v) is 3.68. The molecule has 0 spiro atoms. The molecular formula is C15H13F3N2O2S. The van der Waals surface area contributed by atoms with Crippen molar-refractivity contribution < 1.29 is 22.8 Å². The van der Waals surface area contributed by atoms with Crippen molar-refractivity contribution in [1.29, 1.82) is 0 Å². The molecule has 122 valence electrons. The van der Waals surface area contributed by atoms with Gasteiger partial charge in [0.15, 0.2) is 17.5 Å². The number of carbonyl (C=O) groups is 2. The van der Waals surface area contributed by atoms with Gasteiger partial charge in [0.05, 0.1) is 0 Å². The molecular weight excluding hydrogens is 329 g/mol.